The first-order valence-corrected chi connectivity index (χ1v) is 7.00. The van der Waals surface area contributed by atoms with E-state index < -0.39 is 0 Å². The van der Waals surface area contributed by atoms with Gasteiger partial charge in [-0.25, -0.2) is 0 Å². The first-order chi connectivity index (χ1) is 7.48. The second kappa shape index (κ2) is 4.16. The third kappa shape index (κ3) is 1.63. The van der Waals surface area contributed by atoms with Crippen molar-refractivity contribution >= 4 is 5.78 Å². The molecule has 1 heteroatoms. The molecule has 2 aliphatic rings. The fourth-order valence-corrected chi connectivity index (χ4v) is 4.56. The van der Waals surface area contributed by atoms with E-state index in [1.165, 1.54) is 12.8 Å². The zero-order chi connectivity index (χ0) is 11.9. The summed E-state index contributed by atoms with van der Waals surface area (Å²) in [4.78, 5) is 12.1. The minimum absolute atomic E-state index is 0.293. The van der Waals surface area contributed by atoms with Crippen LogP contribution in [-0.2, 0) is 4.79 Å². The van der Waals surface area contributed by atoms with Gasteiger partial charge in [0, 0.05) is 12.3 Å². The van der Waals surface area contributed by atoms with Gasteiger partial charge in [0.2, 0.25) is 0 Å². The average Bonchev–Trinajstić information content (AvgIpc) is 2.20. The number of ketones is 1. The van der Waals surface area contributed by atoms with E-state index >= 15 is 0 Å². The number of Topliss-reactive ketones (excluding diaryl/α,β-unsaturated/α-hetero) is 1. The zero-order valence-corrected chi connectivity index (χ0v) is 11.3. The molecule has 0 amide bonds. The van der Waals surface area contributed by atoms with Crippen LogP contribution in [0.5, 0.6) is 0 Å². The normalized spacial score (nSPS) is 44.6. The molecule has 1 nitrogen and oxygen atoms in total. The highest BCUT2D eigenvalue weighted by atomic mass is 16.1. The number of hydrogen-bond donors (Lipinski definition) is 0. The second-order valence-electron chi connectivity index (χ2n) is 6.61. The fourth-order valence-electron chi connectivity index (χ4n) is 4.56. The molecule has 0 saturated heterocycles. The lowest BCUT2D eigenvalue weighted by Gasteiger charge is -2.54. The summed E-state index contributed by atoms with van der Waals surface area (Å²) in [5.41, 5.74) is 0.293. The molecule has 16 heavy (non-hydrogen) atoms. The van der Waals surface area contributed by atoms with Gasteiger partial charge in [0.1, 0.15) is 5.78 Å². The smallest absolute Gasteiger partial charge is 0.136 e. The van der Waals surface area contributed by atoms with Crippen LogP contribution in [0.3, 0.4) is 0 Å². The first-order valence-electron chi connectivity index (χ1n) is 7.00. The van der Waals surface area contributed by atoms with Crippen molar-refractivity contribution in [3.8, 4) is 0 Å². The first kappa shape index (κ1) is 12.1. The predicted molar refractivity (Wildman–Crippen MR) is 67.2 cm³/mol. The molecule has 0 spiro atoms. The Morgan fingerprint density at radius 3 is 2.56 bits per heavy atom. The maximum absolute atomic E-state index is 12.1. The van der Waals surface area contributed by atoms with Gasteiger partial charge in [-0.3, -0.25) is 4.79 Å². The van der Waals surface area contributed by atoms with E-state index in [0.29, 0.717) is 17.1 Å². The Morgan fingerprint density at radius 1 is 1.25 bits per heavy atom. The fraction of sp³-hybridized carbons (Fsp3) is 0.933. The minimum atomic E-state index is 0.293. The lowest BCUT2D eigenvalue weighted by Crippen LogP contribution is -2.51. The molecule has 0 aromatic rings. The molecular weight excluding hydrogens is 196 g/mol. The Hall–Kier alpha value is -0.330. The Kier molecular flexibility index (Phi) is 3.16. The highest BCUT2D eigenvalue weighted by molar-refractivity contribution is 5.83. The van der Waals surface area contributed by atoms with Gasteiger partial charge in [0.05, 0.1) is 0 Å². The van der Waals surface area contributed by atoms with Crippen LogP contribution in [0, 0.1) is 29.1 Å². The van der Waals surface area contributed by atoms with Gasteiger partial charge in [-0.1, -0.05) is 40.5 Å². The molecule has 4 atom stereocenters. The molecule has 0 bridgehead atoms. The van der Waals surface area contributed by atoms with Crippen LogP contribution in [-0.4, -0.2) is 5.78 Å². The van der Waals surface area contributed by atoms with Crippen molar-refractivity contribution in [1.82, 2.24) is 0 Å². The third-order valence-corrected chi connectivity index (χ3v) is 5.64. The van der Waals surface area contributed by atoms with Gasteiger partial charge in [0.15, 0.2) is 0 Å². The maximum atomic E-state index is 12.1. The van der Waals surface area contributed by atoms with Gasteiger partial charge >= 0.3 is 0 Å². The summed E-state index contributed by atoms with van der Waals surface area (Å²) >= 11 is 0. The lowest BCUT2D eigenvalue weighted by atomic mass is 9.49. The van der Waals surface area contributed by atoms with Crippen molar-refractivity contribution in [3.63, 3.8) is 0 Å². The van der Waals surface area contributed by atoms with Crippen molar-refractivity contribution in [2.24, 2.45) is 29.1 Å². The summed E-state index contributed by atoms with van der Waals surface area (Å²) in [5.74, 6) is 3.14. The van der Waals surface area contributed by atoms with Crippen LogP contribution in [0.1, 0.15) is 59.8 Å². The van der Waals surface area contributed by atoms with E-state index in [0.717, 1.165) is 37.0 Å². The highest BCUT2D eigenvalue weighted by Crippen LogP contribution is 2.56. The molecule has 92 valence electrons. The molecular formula is C15H26O. The number of hydrogen-bond acceptors (Lipinski definition) is 1. The molecule has 0 unspecified atom stereocenters. The van der Waals surface area contributed by atoms with Crippen LogP contribution < -0.4 is 0 Å². The number of fused-ring (bicyclic) bond motifs is 1. The summed E-state index contributed by atoms with van der Waals surface area (Å²) in [6, 6.07) is 0. The standard InChI is InChI=1S/C15H26O/c1-10(2)12-8-9-14(16)13-7-5-6-11(3)15(12,13)4/h10-13H,5-9H2,1-4H3/t11-,12+,13+,15-/m1/s1. The van der Waals surface area contributed by atoms with E-state index in [4.69, 9.17) is 0 Å². The SMILES string of the molecule is CC(C)[C@@H]1CCC(=O)[C@@H]2CCC[C@@H](C)[C@@]21C. The Balaban J connectivity index is 2.34. The molecule has 0 aliphatic heterocycles. The molecule has 0 aromatic carbocycles. The topological polar surface area (TPSA) is 17.1 Å². The highest BCUT2D eigenvalue weighted by Gasteiger charge is 2.52. The Morgan fingerprint density at radius 2 is 1.94 bits per heavy atom. The summed E-state index contributed by atoms with van der Waals surface area (Å²) < 4.78 is 0. The molecule has 0 aromatic heterocycles. The van der Waals surface area contributed by atoms with Crippen LogP contribution in [0.2, 0.25) is 0 Å². The van der Waals surface area contributed by atoms with Crippen LogP contribution in [0.15, 0.2) is 0 Å². The molecule has 2 aliphatic carbocycles. The van der Waals surface area contributed by atoms with Gasteiger partial charge in [-0.15, -0.1) is 0 Å². The monoisotopic (exact) mass is 222 g/mol. The molecule has 0 N–H and O–H groups in total. The van der Waals surface area contributed by atoms with Crippen molar-refractivity contribution < 1.29 is 4.79 Å². The van der Waals surface area contributed by atoms with Gasteiger partial charge in [0.25, 0.3) is 0 Å². The van der Waals surface area contributed by atoms with Crippen molar-refractivity contribution in [3.05, 3.63) is 0 Å². The zero-order valence-electron chi connectivity index (χ0n) is 11.3. The maximum Gasteiger partial charge on any atom is 0.136 e. The lowest BCUT2D eigenvalue weighted by molar-refractivity contribution is -0.143. The summed E-state index contributed by atoms with van der Waals surface area (Å²) in [5, 5.41) is 0. The second-order valence-corrected chi connectivity index (χ2v) is 6.61. The van der Waals surface area contributed by atoms with Gasteiger partial charge in [-0.2, -0.15) is 0 Å². The van der Waals surface area contributed by atoms with Crippen LogP contribution in [0.25, 0.3) is 0 Å². The summed E-state index contributed by atoms with van der Waals surface area (Å²) in [7, 11) is 0. The van der Waals surface area contributed by atoms with Crippen molar-refractivity contribution in [2.75, 3.05) is 0 Å². The van der Waals surface area contributed by atoms with E-state index in [-0.39, 0.29) is 0 Å². The minimum Gasteiger partial charge on any atom is -0.299 e. The van der Waals surface area contributed by atoms with Gasteiger partial charge in [-0.05, 0) is 36.0 Å². The molecule has 2 fully saturated rings. The van der Waals surface area contributed by atoms with E-state index in [9.17, 15) is 4.79 Å². The molecule has 2 saturated carbocycles. The molecule has 0 radical (unpaired) electrons. The number of rotatable bonds is 1. The predicted octanol–water partition coefficient (Wildman–Crippen LogP) is 4.06. The average molecular weight is 222 g/mol. The van der Waals surface area contributed by atoms with E-state index in [1.54, 1.807) is 0 Å². The Bertz CT molecular complexity index is 281. The molecule has 0 heterocycles. The van der Waals surface area contributed by atoms with Crippen LogP contribution in [0.4, 0.5) is 0 Å². The van der Waals surface area contributed by atoms with Crippen LogP contribution >= 0.6 is 0 Å². The Labute approximate surface area is 100.0 Å². The third-order valence-electron chi connectivity index (χ3n) is 5.64. The quantitative estimate of drug-likeness (QED) is 0.654. The largest absolute Gasteiger partial charge is 0.299 e. The van der Waals surface area contributed by atoms with E-state index in [2.05, 4.69) is 27.7 Å². The van der Waals surface area contributed by atoms with Gasteiger partial charge < -0.3 is 0 Å². The number of carbonyl (C=O) groups excluding carboxylic acids is 1. The molecule has 2 rings (SSSR count). The van der Waals surface area contributed by atoms with E-state index in [1.807, 2.05) is 0 Å². The van der Waals surface area contributed by atoms with Crippen molar-refractivity contribution in [1.29, 1.82) is 0 Å². The summed E-state index contributed by atoms with van der Waals surface area (Å²) in [6.45, 7) is 9.46. The summed E-state index contributed by atoms with van der Waals surface area (Å²) in [6.07, 6.45) is 5.72. The number of carbonyl (C=O) groups is 1. The van der Waals surface area contributed by atoms with Crippen molar-refractivity contribution in [2.45, 2.75) is 59.8 Å².